The maximum absolute atomic E-state index is 13.2. The van der Waals surface area contributed by atoms with Crippen molar-refractivity contribution in [3.8, 4) is 5.75 Å². The second-order valence-electron chi connectivity index (χ2n) is 7.61. The predicted octanol–water partition coefficient (Wildman–Crippen LogP) is -0.0860. The van der Waals surface area contributed by atoms with Crippen LogP contribution in [-0.4, -0.2) is 66.2 Å². The minimum atomic E-state index is -3.89. The zero-order chi connectivity index (χ0) is 24.6. The van der Waals surface area contributed by atoms with Gasteiger partial charge in [0.2, 0.25) is 10.0 Å². The van der Waals surface area contributed by atoms with E-state index in [0.717, 1.165) is 4.57 Å². The highest BCUT2D eigenvalue weighted by Crippen LogP contribution is 2.30. The molecule has 13 heteroatoms. The molecule has 0 spiro atoms. The number of benzene rings is 1. The minimum absolute atomic E-state index is 0.0517. The summed E-state index contributed by atoms with van der Waals surface area (Å²) < 4.78 is 40.2. The van der Waals surface area contributed by atoms with Crippen LogP contribution >= 0.6 is 0 Å². The van der Waals surface area contributed by atoms with Crippen LogP contribution < -0.4 is 21.3 Å². The maximum Gasteiger partial charge on any atom is 0.332 e. The molecule has 0 saturated carbocycles. The number of sulfonamides is 1. The highest BCUT2D eigenvalue weighted by molar-refractivity contribution is 7.89. The molecule has 1 saturated heterocycles. The summed E-state index contributed by atoms with van der Waals surface area (Å²) in [5.41, 5.74) is -0.881. The van der Waals surface area contributed by atoms with Gasteiger partial charge in [0.25, 0.3) is 11.5 Å². The number of rotatable bonds is 5. The van der Waals surface area contributed by atoms with Gasteiger partial charge in [-0.25, -0.2) is 18.2 Å². The average Bonchev–Trinajstić information content (AvgIpc) is 2.86. The summed E-state index contributed by atoms with van der Waals surface area (Å²) in [4.78, 5) is 41.5. The molecule has 0 aliphatic carbocycles. The number of carbonyl (C=O) groups excluding carboxylic acids is 1. The third-order valence-electron chi connectivity index (χ3n) is 5.54. The quantitative estimate of drug-likeness (QED) is 0.524. The van der Waals surface area contributed by atoms with Gasteiger partial charge in [0.15, 0.2) is 0 Å². The van der Waals surface area contributed by atoms with Crippen LogP contribution in [0.4, 0.5) is 5.69 Å². The van der Waals surface area contributed by atoms with Gasteiger partial charge < -0.3 is 14.8 Å². The number of pyridine rings is 1. The molecule has 0 unspecified atom stereocenters. The van der Waals surface area contributed by atoms with Gasteiger partial charge in [-0.1, -0.05) is 0 Å². The lowest BCUT2D eigenvalue weighted by atomic mass is 10.2. The molecule has 1 amide bonds. The predicted molar refractivity (Wildman–Crippen MR) is 123 cm³/mol. The molecule has 34 heavy (non-hydrogen) atoms. The fourth-order valence-corrected chi connectivity index (χ4v) is 5.25. The lowest BCUT2D eigenvalue weighted by Crippen LogP contribution is -2.40. The Labute approximate surface area is 194 Å². The number of hydrogen-bond donors (Lipinski definition) is 1. The molecule has 1 aromatic carbocycles. The fourth-order valence-electron chi connectivity index (χ4n) is 3.66. The van der Waals surface area contributed by atoms with Gasteiger partial charge in [-0.05, 0) is 30.3 Å². The summed E-state index contributed by atoms with van der Waals surface area (Å²) in [5.74, 6) is -0.505. The number of anilines is 1. The first-order chi connectivity index (χ1) is 16.1. The molecular formula is C21H23N5O7S. The van der Waals surface area contributed by atoms with E-state index in [9.17, 15) is 22.8 Å². The first-order valence-corrected chi connectivity index (χ1v) is 11.7. The molecule has 180 valence electrons. The van der Waals surface area contributed by atoms with Crippen molar-refractivity contribution in [1.82, 2.24) is 18.4 Å². The fraction of sp³-hybridized carbons (Fsp3) is 0.333. The minimum Gasteiger partial charge on any atom is -0.495 e. The number of ether oxygens (including phenoxy) is 2. The third-order valence-corrected chi connectivity index (χ3v) is 7.46. The lowest BCUT2D eigenvalue weighted by Gasteiger charge is -2.26. The molecule has 3 heterocycles. The van der Waals surface area contributed by atoms with Gasteiger partial charge in [-0.2, -0.15) is 4.31 Å². The molecule has 0 radical (unpaired) electrons. The van der Waals surface area contributed by atoms with E-state index in [1.807, 2.05) is 0 Å². The average molecular weight is 490 g/mol. The molecule has 3 aromatic rings. The van der Waals surface area contributed by atoms with Crippen molar-refractivity contribution >= 4 is 32.7 Å². The number of methoxy groups -OCH3 is 1. The van der Waals surface area contributed by atoms with E-state index in [1.165, 1.54) is 60.4 Å². The Morgan fingerprint density at radius 3 is 2.47 bits per heavy atom. The zero-order valence-electron chi connectivity index (χ0n) is 18.8. The Bertz CT molecular complexity index is 1500. The summed E-state index contributed by atoms with van der Waals surface area (Å²) >= 11 is 0. The number of fused-ring (bicyclic) bond motifs is 1. The molecule has 1 fully saturated rings. The largest absolute Gasteiger partial charge is 0.495 e. The van der Waals surface area contributed by atoms with E-state index in [4.69, 9.17) is 9.47 Å². The number of aromatic nitrogens is 3. The summed E-state index contributed by atoms with van der Waals surface area (Å²) in [6, 6.07) is 7.04. The Morgan fingerprint density at radius 2 is 1.79 bits per heavy atom. The van der Waals surface area contributed by atoms with E-state index in [2.05, 4.69) is 10.3 Å². The van der Waals surface area contributed by atoms with Crippen molar-refractivity contribution in [3.05, 3.63) is 56.9 Å². The summed E-state index contributed by atoms with van der Waals surface area (Å²) in [7, 11) is 0.279. The van der Waals surface area contributed by atoms with Crippen LogP contribution in [0.3, 0.4) is 0 Å². The van der Waals surface area contributed by atoms with E-state index < -0.39 is 27.2 Å². The van der Waals surface area contributed by atoms with Crippen LogP contribution in [0.15, 0.2) is 44.8 Å². The van der Waals surface area contributed by atoms with Crippen molar-refractivity contribution in [2.24, 2.45) is 14.1 Å². The maximum atomic E-state index is 13.2. The smallest absolute Gasteiger partial charge is 0.332 e. The Balaban J connectivity index is 1.69. The molecule has 12 nitrogen and oxygen atoms in total. The SMILES string of the molecule is COc1ccc(NC(=O)c2ccc3c(=O)n(C)c(=O)n(C)c3n2)cc1S(=O)(=O)N1CCOCC1. The summed E-state index contributed by atoms with van der Waals surface area (Å²) in [5, 5.41) is 2.80. The van der Waals surface area contributed by atoms with Crippen molar-refractivity contribution in [3.63, 3.8) is 0 Å². The summed E-state index contributed by atoms with van der Waals surface area (Å²) in [6.07, 6.45) is 0. The zero-order valence-corrected chi connectivity index (χ0v) is 19.6. The molecule has 1 N–H and O–H groups in total. The van der Waals surface area contributed by atoms with Crippen LogP contribution in [0.2, 0.25) is 0 Å². The van der Waals surface area contributed by atoms with Crippen LogP contribution in [0.5, 0.6) is 5.75 Å². The van der Waals surface area contributed by atoms with Crippen LogP contribution in [0.25, 0.3) is 11.0 Å². The number of nitrogens with one attached hydrogen (secondary N) is 1. The van der Waals surface area contributed by atoms with Gasteiger partial charge in [-0.15, -0.1) is 0 Å². The van der Waals surface area contributed by atoms with Gasteiger partial charge in [0.05, 0.1) is 25.7 Å². The van der Waals surface area contributed by atoms with Crippen molar-refractivity contribution in [1.29, 1.82) is 0 Å². The first kappa shape index (κ1) is 23.6. The van der Waals surface area contributed by atoms with Crippen molar-refractivity contribution in [2.75, 3.05) is 38.7 Å². The lowest BCUT2D eigenvalue weighted by molar-refractivity contribution is 0.0729. The first-order valence-electron chi connectivity index (χ1n) is 10.3. The molecule has 0 atom stereocenters. The Kier molecular flexibility index (Phi) is 6.25. The van der Waals surface area contributed by atoms with E-state index >= 15 is 0 Å². The van der Waals surface area contributed by atoms with Gasteiger partial charge in [-0.3, -0.25) is 18.7 Å². The number of aryl methyl sites for hydroxylation is 1. The second-order valence-corrected chi connectivity index (χ2v) is 9.52. The topological polar surface area (TPSA) is 142 Å². The monoisotopic (exact) mass is 489 g/mol. The van der Waals surface area contributed by atoms with Gasteiger partial charge in [0.1, 0.15) is 22.0 Å². The van der Waals surface area contributed by atoms with E-state index in [1.54, 1.807) is 0 Å². The molecule has 4 rings (SSSR count). The number of hydrogen-bond acceptors (Lipinski definition) is 8. The number of carbonyl (C=O) groups is 1. The third kappa shape index (κ3) is 4.08. The molecule has 2 aromatic heterocycles. The van der Waals surface area contributed by atoms with E-state index in [-0.39, 0.29) is 59.4 Å². The van der Waals surface area contributed by atoms with E-state index in [0.29, 0.717) is 0 Å². The second kappa shape index (κ2) is 9.00. The molecular weight excluding hydrogens is 466 g/mol. The number of morpholine rings is 1. The van der Waals surface area contributed by atoms with Crippen LogP contribution in [0, 0.1) is 0 Å². The van der Waals surface area contributed by atoms with Crippen molar-refractivity contribution in [2.45, 2.75) is 4.90 Å². The van der Waals surface area contributed by atoms with Crippen LogP contribution in [0.1, 0.15) is 10.5 Å². The molecule has 0 bridgehead atoms. The Morgan fingerprint density at radius 1 is 1.09 bits per heavy atom. The van der Waals surface area contributed by atoms with Crippen LogP contribution in [-0.2, 0) is 28.9 Å². The molecule has 1 aliphatic heterocycles. The van der Waals surface area contributed by atoms with Gasteiger partial charge in [0, 0.05) is 32.9 Å². The number of amides is 1. The number of nitrogens with zero attached hydrogens (tertiary/aromatic N) is 4. The highest BCUT2D eigenvalue weighted by atomic mass is 32.2. The van der Waals surface area contributed by atoms with Gasteiger partial charge >= 0.3 is 5.69 Å². The summed E-state index contributed by atoms with van der Waals surface area (Å²) in [6.45, 7) is 0.997. The van der Waals surface area contributed by atoms with Crippen molar-refractivity contribution < 1.29 is 22.7 Å². The molecule has 1 aliphatic rings. The normalized spacial score (nSPS) is 14.8. The standard InChI is InChI=1S/C21H23N5O7S/c1-24-18-14(20(28)25(2)21(24)29)5-6-15(23-18)19(27)22-13-4-7-16(32-3)17(12-13)34(30,31)26-8-10-33-11-9-26/h4-7,12H,8-11H2,1-3H3,(H,22,27). The Hall–Kier alpha value is -3.55. The highest BCUT2D eigenvalue weighted by Gasteiger charge is 2.29.